The number of carbonyl (C=O) groups excluding carboxylic acids is 1. The number of nitro groups is 1. The number of thioether (sulfide) groups is 1. The van der Waals surface area contributed by atoms with Gasteiger partial charge < -0.3 is 10.1 Å². The van der Waals surface area contributed by atoms with Crippen molar-refractivity contribution in [3.8, 4) is 5.75 Å². The molecule has 132 valence electrons. The fourth-order valence-corrected chi connectivity index (χ4v) is 3.04. The molecule has 0 unspecified atom stereocenters. The van der Waals surface area contributed by atoms with Crippen molar-refractivity contribution >= 4 is 46.2 Å². The number of halogens is 1. The number of non-ortho nitro benzene ring substituents is 1. The van der Waals surface area contributed by atoms with Crippen LogP contribution in [0.5, 0.6) is 5.75 Å². The monoisotopic (exact) mass is 389 g/mol. The first-order valence-electron chi connectivity index (χ1n) is 7.37. The molecular weight excluding hydrogens is 378 g/mol. The number of carbonyl (C=O) groups is 1. The quantitative estimate of drug-likeness (QED) is 0.457. The minimum atomic E-state index is -0.519. The number of hydrogen-bond acceptors (Lipinski definition) is 6. The average Bonchev–Trinajstić information content (AvgIpc) is 2.92. The van der Waals surface area contributed by atoms with Gasteiger partial charge in [0.2, 0.25) is 0 Å². The molecule has 0 saturated carbocycles. The van der Waals surface area contributed by atoms with Gasteiger partial charge in [0.15, 0.2) is 5.17 Å². The summed E-state index contributed by atoms with van der Waals surface area (Å²) in [6.07, 6.45) is 1.48. The number of nitrogens with zero attached hydrogens (tertiary/aromatic N) is 1. The summed E-state index contributed by atoms with van der Waals surface area (Å²) in [7, 11) is 0. The molecule has 1 saturated heterocycles. The summed E-state index contributed by atoms with van der Waals surface area (Å²) in [5.74, 6) is -0.0277. The van der Waals surface area contributed by atoms with Gasteiger partial charge in [-0.25, -0.2) is 0 Å². The van der Waals surface area contributed by atoms with E-state index in [-0.39, 0.29) is 22.4 Å². The molecule has 0 spiro atoms. The van der Waals surface area contributed by atoms with Crippen molar-refractivity contribution in [2.75, 3.05) is 0 Å². The van der Waals surface area contributed by atoms with Crippen LogP contribution in [-0.2, 0) is 11.4 Å². The highest BCUT2D eigenvalue weighted by Gasteiger charge is 2.23. The maximum Gasteiger partial charge on any atom is 0.270 e. The second kappa shape index (κ2) is 7.59. The third-order valence-corrected chi connectivity index (χ3v) is 4.54. The summed E-state index contributed by atoms with van der Waals surface area (Å²) in [6, 6.07) is 11.3. The van der Waals surface area contributed by atoms with E-state index >= 15 is 0 Å². The molecule has 1 aliphatic rings. The lowest BCUT2D eigenvalue weighted by molar-refractivity contribution is -0.384. The van der Waals surface area contributed by atoms with E-state index in [0.29, 0.717) is 16.3 Å². The molecule has 0 atom stereocenters. The molecule has 2 aromatic carbocycles. The first kappa shape index (κ1) is 18.0. The van der Waals surface area contributed by atoms with Crippen LogP contribution in [0.4, 0.5) is 5.69 Å². The number of amides is 1. The van der Waals surface area contributed by atoms with Crippen LogP contribution in [0.15, 0.2) is 47.4 Å². The van der Waals surface area contributed by atoms with Crippen LogP contribution >= 0.6 is 23.4 Å². The minimum Gasteiger partial charge on any atom is -0.488 e. The third kappa shape index (κ3) is 4.22. The van der Waals surface area contributed by atoms with Crippen molar-refractivity contribution in [2.45, 2.75) is 6.61 Å². The zero-order valence-electron chi connectivity index (χ0n) is 13.2. The van der Waals surface area contributed by atoms with E-state index in [9.17, 15) is 14.9 Å². The number of benzene rings is 2. The van der Waals surface area contributed by atoms with Gasteiger partial charge in [0.1, 0.15) is 12.4 Å². The first-order chi connectivity index (χ1) is 12.4. The van der Waals surface area contributed by atoms with Crippen molar-refractivity contribution in [1.29, 1.82) is 5.41 Å². The molecule has 0 radical (unpaired) electrons. The van der Waals surface area contributed by atoms with Gasteiger partial charge in [-0.15, -0.1) is 0 Å². The molecule has 1 heterocycles. The second-order valence-corrected chi connectivity index (χ2v) is 6.78. The average molecular weight is 390 g/mol. The predicted octanol–water partition coefficient (Wildman–Crippen LogP) is 3.97. The van der Waals surface area contributed by atoms with Crippen LogP contribution in [0.2, 0.25) is 5.02 Å². The Morgan fingerprint density at radius 1 is 1.27 bits per heavy atom. The number of nitrogens with one attached hydrogen (secondary N) is 2. The Kier molecular flexibility index (Phi) is 5.24. The normalized spacial score (nSPS) is 15.2. The number of amidine groups is 1. The number of nitro benzene ring substituents is 1. The smallest absolute Gasteiger partial charge is 0.270 e. The summed E-state index contributed by atoms with van der Waals surface area (Å²) in [6.45, 7) is 0.236. The van der Waals surface area contributed by atoms with Gasteiger partial charge in [0.05, 0.1) is 9.83 Å². The van der Waals surface area contributed by atoms with Gasteiger partial charge in [0.25, 0.3) is 11.6 Å². The molecule has 1 amide bonds. The molecule has 0 bridgehead atoms. The SMILES string of the molecule is N=C1NC(=O)/C(=C/c2cc([N+](=O)[O-])ccc2OCc2ccc(Cl)cc2)S1. The lowest BCUT2D eigenvalue weighted by Gasteiger charge is -2.10. The van der Waals surface area contributed by atoms with Crippen LogP contribution in [0, 0.1) is 15.5 Å². The van der Waals surface area contributed by atoms with Crippen molar-refractivity contribution in [2.24, 2.45) is 0 Å². The van der Waals surface area contributed by atoms with E-state index < -0.39 is 10.8 Å². The number of rotatable bonds is 5. The van der Waals surface area contributed by atoms with Crippen LogP contribution in [0.25, 0.3) is 6.08 Å². The van der Waals surface area contributed by atoms with Crippen LogP contribution < -0.4 is 10.1 Å². The molecule has 3 rings (SSSR count). The fraction of sp³-hybridized carbons (Fsp3) is 0.0588. The van der Waals surface area contributed by atoms with Gasteiger partial charge in [-0.3, -0.25) is 20.3 Å². The lowest BCUT2D eigenvalue weighted by Crippen LogP contribution is -2.18. The molecular formula is C17H12ClN3O4S. The molecule has 0 aromatic heterocycles. The summed E-state index contributed by atoms with van der Waals surface area (Å²) in [5.41, 5.74) is 1.15. The molecule has 7 nitrogen and oxygen atoms in total. The molecule has 1 fully saturated rings. The summed E-state index contributed by atoms with van der Waals surface area (Å²) >= 11 is 6.80. The van der Waals surface area contributed by atoms with Gasteiger partial charge in [-0.05, 0) is 41.6 Å². The number of hydrogen-bond donors (Lipinski definition) is 2. The zero-order valence-corrected chi connectivity index (χ0v) is 14.8. The van der Waals surface area contributed by atoms with Crippen LogP contribution in [0.1, 0.15) is 11.1 Å². The number of ether oxygens (including phenoxy) is 1. The summed E-state index contributed by atoms with van der Waals surface area (Å²) in [5, 5.41) is 21.5. The Morgan fingerprint density at radius 3 is 2.62 bits per heavy atom. The fourth-order valence-electron chi connectivity index (χ4n) is 2.22. The molecule has 9 heteroatoms. The maximum atomic E-state index is 11.8. The van der Waals surface area contributed by atoms with E-state index in [1.165, 1.54) is 24.3 Å². The molecule has 0 aliphatic carbocycles. The zero-order chi connectivity index (χ0) is 18.7. The largest absolute Gasteiger partial charge is 0.488 e. The van der Waals surface area contributed by atoms with E-state index in [4.69, 9.17) is 21.7 Å². The first-order valence-corrected chi connectivity index (χ1v) is 8.57. The lowest BCUT2D eigenvalue weighted by atomic mass is 10.1. The third-order valence-electron chi connectivity index (χ3n) is 3.46. The van der Waals surface area contributed by atoms with Crippen molar-refractivity contribution in [3.63, 3.8) is 0 Å². The molecule has 2 N–H and O–H groups in total. The van der Waals surface area contributed by atoms with Gasteiger partial charge in [0, 0.05) is 22.7 Å². The van der Waals surface area contributed by atoms with Gasteiger partial charge in [-0.1, -0.05) is 23.7 Å². The topological polar surface area (TPSA) is 105 Å². The van der Waals surface area contributed by atoms with Gasteiger partial charge in [-0.2, -0.15) is 0 Å². The van der Waals surface area contributed by atoms with E-state index in [0.717, 1.165) is 17.3 Å². The Labute approximate surface area is 157 Å². The predicted molar refractivity (Wildman–Crippen MR) is 100 cm³/mol. The summed E-state index contributed by atoms with van der Waals surface area (Å²) in [4.78, 5) is 22.6. The van der Waals surface area contributed by atoms with Crippen LogP contribution in [0.3, 0.4) is 0 Å². The van der Waals surface area contributed by atoms with Crippen molar-refractivity contribution < 1.29 is 14.5 Å². The Bertz CT molecular complexity index is 928. The Morgan fingerprint density at radius 2 is 2.00 bits per heavy atom. The highest BCUT2D eigenvalue weighted by molar-refractivity contribution is 8.18. The standard InChI is InChI=1S/C17H12ClN3O4S/c18-12-3-1-10(2-4-12)9-25-14-6-5-13(21(23)24)7-11(14)8-15-16(22)20-17(19)26-15/h1-8H,9H2,(H2,19,20,22)/b15-8-. The highest BCUT2D eigenvalue weighted by atomic mass is 35.5. The summed E-state index contributed by atoms with van der Waals surface area (Å²) < 4.78 is 5.77. The molecule has 1 aliphatic heterocycles. The van der Waals surface area contributed by atoms with Crippen LogP contribution in [-0.4, -0.2) is 16.0 Å². The van der Waals surface area contributed by atoms with Crippen molar-refractivity contribution in [3.05, 3.63) is 73.6 Å². The van der Waals surface area contributed by atoms with Gasteiger partial charge >= 0.3 is 0 Å². The highest BCUT2D eigenvalue weighted by Crippen LogP contribution is 2.31. The van der Waals surface area contributed by atoms with Crippen molar-refractivity contribution in [1.82, 2.24) is 5.32 Å². The van der Waals surface area contributed by atoms with E-state index in [2.05, 4.69) is 5.32 Å². The van der Waals surface area contributed by atoms with E-state index in [1.807, 2.05) is 12.1 Å². The van der Waals surface area contributed by atoms with E-state index in [1.54, 1.807) is 12.1 Å². The second-order valence-electron chi connectivity index (χ2n) is 5.29. The Hall–Kier alpha value is -2.84. The minimum absolute atomic E-state index is 0.00955. The Balaban J connectivity index is 1.90. The molecule has 2 aromatic rings. The molecule has 26 heavy (non-hydrogen) atoms. The maximum absolute atomic E-state index is 11.8.